The fourth-order valence-corrected chi connectivity index (χ4v) is 4.63. The maximum Gasteiger partial charge on any atom is 0.326 e. The Morgan fingerprint density at radius 2 is 1.39 bits per heavy atom. The monoisotopic (exact) mass is 436 g/mol. The van der Waals surface area contributed by atoms with Gasteiger partial charge in [0.05, 0.1) is 6.04 Å². The van der Waals surface area contributed by atoms with Gasteiger partial charge >= 0.3 is 5.97 Å². The molecule has 4 N–H and O–H groups in total. The van der Waals surface area contributed by atoms with Crippen molar-refractivity contribution >= 4 is 44.2 Å². The first-order chi connectivity index (χ1) is 16.0. The Labute approximate surface area is 191 Å². The minimum atomic E-state index is -1.08. The molecule has 5 heteroatoms. The molecule has 5 aromatic carbocycles. The second kappa shape index (κ2) is 8.52. The lowest BCUT2D eigenvalue weighted by atomic mass is 9.90. The van der Waals surface area contributed by atoms with Gasteiger partial charge in [-0.2, -0.15) is 0 Å². The van der Waals surface area contributed by atoms with Crippen LogP contribution in [0.4, 0.5) is 0 Å². The summed E-state index contributed by atoms with van der Waals surface area (Å²) >= 11 is 0. The molecule has 5 rings (SSSR count). The van der Waals surface area contributed by atoms with E-state index in [9.17, 15) is 14.7 Å². The van der Waals surface area contributed by atoms with Crippen LogP contribution in [0.2, 0.25) is 0 Å². The van der Waals surface area contributed by atoms with Crippen molar-refractivity contribution in [2.45, 2.75) is 24.9 Å². The van der Waals surface area contributed by atoms with Gasteiger partial charge < -0.3 is 16.2 Å². The first-order valence-corrected chi connectivity index (χ1v) is 11.0. The predicted molar refractivity (Wildman–Crippen MR) is 132 cm³/mol. The van der Waals surface area contributed by atoms with Crippen molar-refractivity contribution in [2.24, 2.45) is 5.73 Å². The molecule has 0 radical (unpaired) electrons. The molecular weight excluding hydrogens is 412 g/mol. The summed E-state index contributed by atoms with van der Waals surface area (Å²) in [5, 5.41) is 19.2. The van der Waals surface area contributed by atoms with Gasteiger partial charge in [0.1, 0.15) is 6.04 Å². The van der Waals surface area contributed by atoms with Gasteiger partial charge in [-0.3, -0.25) is 4.79 Å². The van der Waals surface area contributed by atoms with Crippen LogP contribution < -0.4 is 11.1 Å². The molecule has 33 heavy (non-hydrogen) atoms. The Kier molecular flexibility index (Phi) is 5.40. The largest absolute Gasteiger partial charge is 0.480 e. The Balaban J connectivity index is 1.40. The summed E-state index contributed by atoms with van der Waals surface area (Å²) in [6, 6.07) is 26.1. The normalized spacial score (nSPS) is 13.4. The van der Waals surface area contributed by atoms with Crippen molar-refractivity contribution < 1.29 is 14.7 Å². The zero-order chi connectivity index (χ0) is 22.9. The van der Waals surface area contributed by atoms with Crippen LogP contribution in [0.5, 0.6) is 0 Å². The maximum atomic E-state index is 12.8. The van der Waals surface area contributed by atoms with Gasteiger partial charge in [-0.25, -0.2) is 4.79 Å². The van der Waals surface area contributed by atoms with E-state index >= 15 is 0 Å². The Bertz CT molecular complexity index is 1450. The molecule has 0 aliphatic heterocycles. The highest BCUT2D eigenvalue weighted by molar-refractivity contribution is 6.23. The molecule has 1 amide bonds. The average Bonchev–Trinajstić information content (AvgIpc) is 2.83. The van der Waals surface area contributed by atoms with Crippen LogP contribution >= 0.6 is 0 Å². The van der Waals surface area contributed by atoms with Crippen molar-refractivity contribution in [2.75, 3.05) is 0 Å². The fourth-order valence-electron chi connectivity index (χ4n) is 4.63. The van der Waals surface area contributed by atoms with Crippen LogP contribution in [0.3, 0.4) is 0 Å². The second-order valence-electron chi connectivity index (χ2n) is 8.48. The van der Waals surface area contributed by atoms with Gasteiger partial charge in [0.15, 0.2) is 0 Å². The van der Waals surface area contributed by atoms with Crippen LogP contribution in [0.1, 0.15) is 11.1 Å². The highest BCUT2D eigenvalue weighted by Gasteiger charge is 2.24. The number of rotatable bonds is 7. The van der Waals surface area contributed by atoms with E-state index in [0.29, 0.717) is 6.42 Å². The lowest BCUT2D eigenvalue weighted by molar-refractivity contribution is -0.141. The SMILES string of the molecule is N[C@@H](Cc1ccc2ccc3cccc4ccc1c2c34)C(=O)N[C@@H](Cc1ccccc1)C(=O)O. The molecule has 0 unspecified atom stereocenters. The summed E-state index contributed by atoms with van der Waals surface area (Å²) in [5.41, 5.74) is 8.07. The number of carboxylic acid groups (broad SMARTS) is 1. The summed E-state index contributed by atoms with van der Waals surface area (Å²) in [6.45, 7) is 0. The average molecular weight is 437 g/mol. The number of aliphatic carboxylic acids is 1. The lowest BCUT2D eigenvalue weighted by Crippen LogP contribution is -2.50. The van der Waals surface area contributed by atoms with E-state index in [1.165, 1.54) is 21.5 Å². The van der Waals surface area contributed by atoms with E-state index in [4.69, 9.17) is 5.73 Å². The number of nitrogens with two attached hydrogens (primary N) is 1. The molecule has 5 aromatic rings. The van der Waals surface area contributed by atoms with Crippen LogP contribution in [-0.2, 0) is 22.4 Å². The number of hydrogen-bond acceptors (Lipinski definition) is 3. The van der Waals surface area contributed by atoms with Gasteiger partial charge in [-0.05, 0) is 49.9 Å². The van der Waals surface area contributed by atoms with Crippen molar-refractivity contribution in [3.63, 3.8) is 0 Å². The number of carbonyl (C=O) groups excluding carboxylic acids is 1. The van der Waals surface area contributed by atoms with E-state index in [-0.39, 0.29) is 6.42 Å². The molecule has 0 fully saturated rings. The minimum absolute atomic E-state index is 0.202. The standard InChI is InChI=1S/C28H24N2O3/c29-23(27(31)30-24(28(32)33)15-17-5-2-1-3-6-17)16-21-12-11-20-10-9-18-7-4-8-19-13-14-22(21)26(20)25(18)19/h1-14,23-24H,15-16,29H2,(H,30,31)(H,32,33)/t23-,24-/m0/s1. The highest BCUT2D eigenvalue weighted by Crippen LogP contribution is 2.36. The topological polar surface area (TPSA) is 92.4 Å². The Morgan fingerprint density at radius 3 is 2.09 bits per heavy atom. The summed E-state index contributed by atoms with van der Waals surface area (Å²) in [5.74, 6) is -1.55. The maximum absolute atomic E-state index is 12.8. The molecule has 5 nitrogen and oxygen atoms in total. The third kappa shape index (κ3) is 3.99. The number of amides is 1. The molecule has 0 saturated heterocycles. The van der Waals surface area contributed by atoms with E-state index < -0.39 is 24.0 Å². The van der Waals surface area contributed by atoms with Gasteiger partial charge in [-0.1, -0.05) is 84.9 Å². The molecule has 164 valence electrons. The Morgan fingerprint density at radius 1 is 0.758 bits per heavy atom. The quantitative estimate of drug-likeness (QED) is 0.332. The predicted octanol–water partition coefficient (Wildman–Crippen LogP) is 4.27. The van der Waals surface area contributed by atoms with Crippen LogP contribution in [0.25, 0.3) is 32.3 Å². The summed E-state index contributed by atoms with van der Waals surface area (Å²) in [7, 11) is 0. The molecule has 2 atom stereocenters. The van der Waals surface area contributed by atoms with Gasteiger partial charge in [0, 0.05) is 6.42 Å². The van der Waals surface area contributed by atoms with Crippen LogP contribution in [-0.4, -0.2) is 29.1 Å². The van der Waals surface area contributed by atoms with E-state index in [0.717, 1.165) is 21.9 Å². The molecule has 0 spiro atoms. The molecule has 0 aliphatic carbocycles. The van der Waals surface area contributed by atoms with Gasteiger partial charge in [0.25, 0.3) is 0 Å². The van der Waals surface area contributed by atoms with Crippen molar-refractivity contribution in [3.05, 3.63) is 96.1 Å². The first kappa shape index (κ1) is 20.9. The number of benzene rings is 5. The molecular formula is C28H24N2O3. The number of carboxylic acids is 1. The van der Waals surface area contributed by atoms with Crippen LogP contribution in [0, 0.1) is 0 Å². The number of hydrogen-bond donors (Lipinski definition) is 3. The van der Waals surface area contributed by atoms with E-state index in [1.807, 2.05) is 36.4 Å². The number of carbonyl (C=O) groups is 2. The Hall–Kier alpha value is -3.96. The van der Waals surface area contributed by atoms with Gasteiger partial charge in [0.2, 0.25) is 5.91 Å². The lowest BCUT2D eigenvalue weighted by Gasteiger charge is -2.19. The molecule has 0 aromatic heterocycles. The third-order valence-corrected chi connectivity index (χ3v) is 6.29. The molecule has 0 aliphatic rings. The number of nitrogens with one attached hydrogen (secondary N) is 1. The summed E-state index contributed by atoms with van der Waals surface area (Å²) in [4.78, 5) is 24.6. The fraction of sp³-hybridized carbons (Fsp3) is 0.143. The van der Waals surface area contributed by atoms with Gasteiger partial charge in [-0.15, -0.1) is 0 Å². The molecule has 0 heterocycles. The van der Waals surface area contributed by atoms with Crippen molar-refractivity contribution in [3.8, 4) is 0 Å². The van der Waals surface area contributed by atoms with E-state index in [2.05, 4.69) is 53.8 Å². The smallest absolute Gasteiger partial charge is 0.326 e. The van der Waals surface area contributed by atoms with Crippen molar-refractivity contribution in [1.82, 2.24) is 5.32 Å². The summed E-state index contributed by atoms with van der Waals surface area (Å²) in [6.07, 6.45) is 0.519. The molecule has 0 saturated carbocycles. The zero-order valence-corrected chi connectivity index (χ0v) is 18.0. The highest BCUT2D eigenvalue weighted by atomic mass is 16.4. The first-order valence-electron chi connectivity index (χ1n) is 11.0. The minimum Gasteiger partial charge on any atom is -0.480 e. The summed E-state index contributed by atoms with van der Waals surface area (Å²) < 4.78 is 0. The second-order valence-corrected chi connectivity index (χ2v) is 8.48. The molecule has 0 bridgehead atoms. The zero-order valence-electron chi connectivity index (χ0n) is 18.0. The van der Waals surface area contributed by atoms with Crippen molar-refractivity contribution in [1.29, 1.82) is 0 Å². The third-order valence-electron chi connectivity index (χ3n) is 6.29. The van der Waals surface area contributed by atoms with E-state index in [1.54, 1.807) is 0 Å². The van der Waals surface area contributed by atoms with Crippen LogP contribution in [0.15, 0.2) is 84.9 Å².